The van der Waals surface area contributed by atoms with E-state index in [1.54, 1.807) is 0 Å². The monoisotopic (exact) mass is 208 g/mol. The van der Waals surface area contributed by atoms with Crippen LogP contribution in [-0.2, 0) is 4.74 Å². The molecule has 86 valence electrons. The first-order chi connectivity index (χ1) is 7.13. The summed E-state index contributed by atoms with van der Waals surface area (Å²) in [6.07, 6.45) is 7.52. The van der Waals surface area contributed by atoms with Crippen LogP contribution < -0.4 is 0 Å². The number of methoxy groups -OCH3 is 1. The van der Waals surface area contributed by atoms with Crippen molar-refractivity contribution >= 4 is 0 Å². The second-order valence-electron chi connectivity index (χ2n) is 6.57. The van der Waals surface area contributed by atoms with E-state index in [-0.39, 0.29) is 5.60 Å². The lowest BCUT2D eigenvalue weighted by Gasteiger charge is -2.40. The highest BCUT2D eigenvalue weighted by atomic mass is 16.5. The fraction of sp³-hybridized carbons (Fsp3) is 1.00. The first-order valence-electron chi connectivity index (χ1n) is 6.68. The SMILES string of the molecule is COC(C)(C)C1CC2CC1C1CCCC21. The van der Waals surface area contributed by atoms with Crippen LogP contribution in [0, 0.1) is 29.6 Å². The standard InChI is InChI=1S/C14H24O/c1-14(2,15-3)13-8-9-7-12(13)11-6-4-5-10(9)11/h9-13H,4-8H2,1-3H3. The summed E-state index contributed by atoms with van der Waals surface area (Å²) in [4.78, 5) is 0. The van der Waals surface area contributed by atoms with Crippen molar-refractivity contribution in [3.8, 4) is 0 Å². The maximum Gasteiger partial charge on any atom is 0.0653 e. The third kappa shape index (κ3) is 1.32. The minimum atomic E-state index is 0.118. The molecule has 0 aromatic rings. The Morgan fingerprint density at radius 3 is 2.47 bits per heavy atom. The summed E-state index contributed by atoms with van der Waals surface area (Å²) in [5.41, 5.74) is 0.118. The summed E-state index contributed by atoms with van der Waals surface area (Å²) >= 11 is 0. The number of ether oxygens (including phenoxy) is 1. The van der Waals surface area contributed by atoms with E-state index < -0.39 is 0 Å². The van der Waals surface area contributed by atoms with Gasteiger partial charge in [-0.25, -0.2) is 0 Å². The first-order valence-corrected chi connectivity index (χ1v) is 6.68. The predicted molar refractivity (Wildman–Crippen MR) is 61.6 cm³/mol. The van der Waals surface area contributed by atoms with Crippen molar-refractivity contribution in [2.24, 2.45) is 29.6 Å². The second kappa shape index (κ2) is 3.23. The van der Waals surface area contributed by atoms with Crippen molar-refractivity contribution in [2.75, 3.05) is 7.11 Å². The molecule has 0 aromatic heterocycles. The molecule has 3 fully saturated rings. The largest absolute Gasteiger partial charge is 0.379 e. The average molecular weight is 208 g/mol. The molecule has 1 nitrogen and oxygen atoms in total. The zero-order valence-corrected chi connectivity index (χ0v) is 10.3. The van der Waals surface area contributed by atoms with E-state index >= 15 is 0 Å². The van der Waals surface area contributed by atoms with Gasteiger partial charge < -0.3 is 4.74 Å². The van der Waals surface area contributed by atoms with E-state index in [4.69, 9.17) is 4.74 Å². The van der Waals surface area contributed by atoms with Crippen LogP contribution in [0.25, 0.3) is 0 Å². The maximum atomic E-state index is 5.72. The molecule has 5 unspecified atom stereocenters. The smallest absolute Gasteiger partial charge is 0.0653 e. The molecule has 0 saturated heterocycles. The third-order valence-corrected chi connectivity index (χ3v) is 5.85. The van der Waals surface area contributed by atoms with Crippen LogP contribution in [0.15, 0.2) is 0 Å². The lowest BCUT2D eigenvalue weighted by Crippen LogP contribution is -2.40. The van der Waals surface area contributed by atoms with Crippen molar-refractivity contribution in [2.45, 2.75) is 51.6 Å². The molecule has 0 radical (unpaired) electrons. The molecule has 0 N–H and O–H groups in total. The van der Waals surface area contributed by atoms with E-state index in [0.29, 0.717) is 0 Å². The lowest BCUT2D eigenvalue weighted by atomic mass is 9.70. The van der Waals surface area contributed by atoms with Crippen LogP contribution >= 0.6 is 0 Å². The highest BCUT2D eigenvalue weighted by molar-refractivity contribution is 5.06. The Morgan fingerprint density at radius 2 is 1.73 bits per heavy atom. The number of hydrogen-bond acceptors (Lipinski definition) is 1. The molecule has 0 amide bonds. The maximum absolute atomic E-state index is 5.72. The van der Waals surface area contributed by atoms with Gasteiger partial charge in [-0.3, -0.25) is 0 Å². The molecule has 1 heteroatoms. The second-order valence-corrected chi connectivity index (χ2v) is 6.57. The summed E-state index contributed by atoms with van der Waals surface area (Å²) in [7, 11) is 1.89. The predicted octanol–water partition coefficient (Wildman–Crippen LogP) is 3.48. The Labute approximate surface area is 93.6 Å². The van der Waals surface area contributed by atoms with Crippen molar-refractivity contribution in [3.63, 3.8) is 0 Å². The molecular formula is C14H24O. The Balaban J connectivity index is 1.81. The van der Waals surface area contributed by atoms with Crippen LogP contribution in [0.1, 0.15) is 46.0 Å². The fourth-order valence-electron chi connectivity index (χ4n) is 5.02. The number of hydrogen-bond donors (Lipinski definition) is 0. The molecule has 15 heavy (non-hydrogen) atoms. The average Bonchev–Trinajstić information content (AvgIpc) is 2.89. The van der Waals surface area contributed by atoms with Crippen molar-refractivity contribution < 1.29 is 4.74 Å². The number of rotatable bonds is 2. The van der Waals surface area contributed by atoms with Gasteiger partial charge in [-0.05, 0) is 69.1 Å². The molecular weight excluding hydrogens is 184 g/mol. The molecule has 3 aliphatic carbocycles. The van der Waals surface area contributed by atoms with Gasteiger partial charge in [-0.15, -0.1) is 0 Å². The van der Waals surface area contributed by atoms with Gasteiger partial charge in [0.1, 0.15) is 0 Å². The lowest BCUT2D eigenvalue weighted by molar-refractivity contribution is -0.0601. The molecule has 3 saturated carbocycles. The topological polar surface area (TPSA) is 9.23 Å². The van der Waals surface area contributed by atoms with Crippen LogP contribution in [0.2, 0.25) is 0 Å². The van der Waals surface area contributed by atoms with Crippen molar-refractivity contribution in [3.05, 3.63) is 0 Å². The molecule has 0 aromatic carbocycles. The van der Waals surface area contributed by atoms with Crippen LogP contribution in [0.3, 0.4) is 0 Å². The summed E-state index contributed by atoms with van der Waals surface area (Å²) in [5, 5.41) is 0. The van der Waals surface area contributed by atoms with Gasteiger partial charge in [-0.1, -0.05) is 6.42 Å². The van der Waals surface area contributed by atoms with Gasteiger partial charge in [0.2, 0.25) is 0 Å². The zero-order valence-electron chi connectivity index (χ0n) is 10.3. The first kappa shape index (κ1) is 10.1. The quantitative estimate of drug-likeness (QED) is 0.675. The Kier molecular flexibility index (Phi) is 2.18. The normalized spacial score (nSPS) is 48.6. The van der Waals surface area contributed by atoms with E-state index in [2.05, 4.69) is 13.8 Å². The van der Waals surface area contributed by atoms with Gasteiger partial charge in [0, 0.05) is 7.11 Å². The van der Waals surface area contributed by atoms with E-state index in [9.17, 15) is 0 Å². The highest BCUT2D eigenvalue weighted by Crippen LogP contribution is 2.63. The zero-order chi connectivity index (χ0) is 10.6. The Morgan fingerprint density at radius 1 is 1.00 bits per heavy atom. The summed E-state index contributed by atoms with van der Waals surface area (Å²) in [6, 6.07) is 0. The molecule has 5 atom stereocenters. The van der Waals surface area contributed by atoms with Gasteiger partial charge in [0.05, 0.1) is 5.60 Å². The van der Waals surface area contributed by atoms with Crippen LogP contribution in [-0.4, -0.2) is 12.7 Å². The molecule has 2 bridgehead atoms. The fourth-order valence-corrected chi connectivity index (χ4v) is 5.02. The minimum Gasteiger partial charge on any atom is -0.379 e. The van der Waals surface area contributed by atoms with E-state index in [1.165, 1.54) is 32.1 Å². The van der Waals surface area contributed by atoms with Crippen molar-refractivity contribution in [1.82, 2.24) is 0 Å². The molecule has 0 aliphatic heterocycles. The Bertz CT molecular complexity index is 258. The summed E-state index contributed by atoms with van der Waals surface area (Å²) < 4.78 is 5.72. The van der Waals surface area contributed by atoms with E-state index in [0.717, 1.165) is 29.6 Å². The van der Waals surface area contributed by atoms with Crippen LogP contribution in [0.5, 0.6) is 0 Å². The van der Waals surface area contributed by atoms with Gasteiger partial charge in [0.15, 0.2) is 0 Å². The number of fused-ring (bicyclic) bond motifs is 5. The Hall–Kier alpha value is -0.0400. The molecule has 0 spiro atoms. The molecule has 0 heterocycles. The minimum absolute atomic E-state index is 0.118. The van der Waals surface area contributed by atoms with Gasteiger partial charge >= 0.3 is 0 Å². The van der Waals surface area contributed by atoms with Gasteiger partial charge in [-0.2, -0.15) is 0 Å². The highest BCUT2D eigenvalue weighted by Gasteiger charge is 2.57. The van der Waals surface area contributed by atoms with Crippen molar-refractivity contribution in [1.29, 1.82) is 0 Å². The third-order valence-electron chi connectivity index (χ3n) is 5.85. The summed E-state index contributed by atoms with van der Waals surface area (Å²) in [5.74, 6) is 5.08. The van der Waals surface area contributed by atoms with Crippen LogP contribution in [0.4, 0.5) is 0 Å². The molecule has 3 rings (SSSR count). The van der Waals surface area contributed by atoms with E-state index in [1.807, 2.05) is 7.11 Å². The van der Waals surface area contributed by atoms with Gasteiger partial charge in [0.25, 0.3) is 0 Å². The summed E-state index contributed by atoms with van der Waals surface area (Å²) in [6.45, 7) is 4.59. The molecule has 3 aliphatic rings.